The number of carbonyl (C=O) groups is 1. The predicted molar refractivity (Wildman–Crippen MR) is 129 cm³/mol. The third-order valence-corrected chi connectivity index (χ3v) is 7.40. The molecule has 0 saturated carbocycles. The molecule has 3 aromatic carbocycles. The molecule has 1 amide bonds. The largest absolute Gasteiger partial charge is 0.338 e. The van der Waals surface area contributed by atoms with Crippen molar-refractivity contribution in [1.82, 2.24) is 9.21 Å². The Bertz CT molecular complexity index is 1110. The summed E-state index contributed by atoms with van der Waals surface area (Å²) in [5.74, 6) is -0.280. The van der Waals surface area contributed by atoms with Gasteiger partial charge in [-0.25, -0.2) is 12.7 Å². The third kappa shape index (κ3) is 5.97. The zero-order chi connectivity index (χ0) is 23.1. The average Bonchev–Trinajstić information content (AvgIpc) is 2.80. The fourth-order valence-electron chi connectivity index (χ4n) is 3.34. The quantitative estimate of drug-likeness (QED) is 0.462. The van der Waals surface area contributed by atoms with Crippen molar-refractivity contribution in [3.8, 4) is 0 Å². The maximum absolute atomic E-state index is 13.5. The number of halogens is 1. The number of benzene rings is 3. The van der Waals surface area contributed by atoms with Gasteiger partial charge < -0.3 is 4.90 Å². The molecule has 0 unspecified atom stereocenters. The lowest BCUT2D eigenvalue weighted by Gasteiger charge is -2.24. The number of amides is 1. The van der Waals surface area contributed by atoms with Gasteiger partial charge in [-0.15, -0.1) is 0 Å². The van der Waals surface area contributed by atoms with Crippen molar-refractivity contribution in [2.45, 2.75) is 17.7 Å². The molecule has 0 aliphatic rings. The van der Waals surface area contributed by atoms with Crippen LogP contribution >= 0.6 is 11.6 Å². The van der Waals surface area contributed by atoms with E-state index in [2.05, 4.69) is 0 Å². The van der Waals surface area contributed by atoms with Crippen LogP contribution in [-0.2, 0) is 22.9 Å². The highest BCUT2D eigenvalue weighted by Crippen LogP contribution is 2.24. The van der Waals surface area contributed by atoms with Crippen LogP contribution in [0.3, 0.4) is 0 Å². The summed E-state index contributed by atoms with van der Waals surface area (Å²) in [6, 6.07) is 24.2. The van der Waals surface area contributed by atoms with E-state index in [4.69, 9.17) is 11.6 Å². The van der Waals surface area contributed by atoms with Gasteiger partial charge >= 0.3 is 0 Å². The number of hydrogen-bond donors (Lipinski definition) is 0. The van der Waals surface area contributed by atoms with Crippen LogP contribution in [0, 0.1) is 0 Å². The zero-order valence-electron chi connectivity index (χ0n) is 18.2. The van der Waals surface area contributed by atoms with Crippen LogP contribution in [0.1, 0.15) is 21.5 Å². The molecule has 3 rings (SSSR count). The Kier molecular flexibility index (Phi) is 8.07. The van der Waals surface area contributed by atoms with E-state index in [0.717, 1.165) is 15.4 Å². The topological polar surface area (TPSA) is 57.7 Å². The number of sulfonamides is 1. The van der Waals surface area contributed by atoms with E-state index in [1.165, 1.54) is 32.3 Å². The monoisotopic (exact) mass is 470 g/mol. The minimum Gasteiger partial charge on any atom is -0.338 e. The molecule has 0 bridgehead atoms. The fraction of sp³-hybridized carbons (Fsp3) is 0.240. The summed E-state index contributed by atoms with van der Waals surface area (Å²) in [7, 11) is -0.770. The molecule has 0 aromatic heterocycles. The Hall–Kier alpha value is -2.67. The van der Waals surface area contributed by atoms with E-state index >= 15 is 0 Å². The first kappa shape index (κ1) is 24.0. The summed E-state index contributed by atoms with van der Waals surface area (Å²) >= 11 is 6.34. The lowest BCUT2D eigenvalue weighted by molar-refractivity contribution is 0.0759. The minimum absolute atomic E-state index is 0.0429. The summed E-state index contributed by atoms with van der Waals surface area (Å²) in [6.07, 6.45) is 1.38. The molecule has 0 aliphatic heterocycles. The molecule has 168 valence electrons. The number of rotatable bonds is 9. The summed E-state index contributed by atoms with van der Waals surface area (Å²) in [5.41, 5.74) is 2.44. The van der Waals surface area contributed by atoms with Crippen molar-refractivity contribution in [2.24, 2.45) is 0 Å². The summed E-state index contributed by atoms with van der Waals surface area (Å²) in [4.78, 5) is 15.3. The van der Waals surface area contributed by atoms with Gasteiger partial charge in [-0.05, 0) is 42.2 Å². The van der Waals surface area contributed by atoms with Gasteiger partial charge in [0.2, 0.25) is 10.0 Å². The molecule has 0 fully saturated rings. The van der Waals surface area contributed by atoms with E-state index in [-0.39, 0.29) is 21.4 Å². The molecule has 5 nitrogen and oxygen atoms in total. The van der Waals surface area contributed by atoms with Gasteiger partial charge in [-0.3, -0.25) is 4.79 Å². The molecule has 0 aliphatic carbocycles. The van der Waals surface area contributed by atoms with Gasteiger partial charge in [0.1, 0.15) is 0 Å². The fourth-order valence-corrected chi connectivity index (χ4v) is 4.47. The van der Waals surface area contributed by atoms with Crippen LogP contribution in [-0.4, -0.2) is 50.7 Å². The van der Waals surface area contributed by atoms with Gasteiger partial charge in [0.05, 0.1) is 15.5 Å². The maximum Gasteiger partial charge on any atom is 0.255 e. The first-order chi connectivity index (χ1) is 15.3. The Balaban J connectivity index is 1.88. The van der Waals surface area contributed by atoms with Crippen LogP contribution in [0.2, 0.25) is 5.02 Å². The second-order valence-electron chi connectivity index (χ2n) is 7.69. The zero-order valence-corrected chi connectivity index (χ0v) is 19.8. The lowest BCUT2D eigenvalue weighted by atomic mass is 10.1. The van der Waals surface area contributed by atoms with Crippen molar-refractivity contribution in [3.05, 3.63) is 101 Å². The van der Waals surface area contributed by atoms with Crippen molar-refractivity contribution in [1.29, 1.82) is 0 Å². The van der Waals surface area contributed by atoms with Crippen LogP contribution in [0.5, 0.6) is 0 Å². The second kappa shape index (κ2) is 10.8. The van der Waals surface area contributed by atoms with Crippen LogP contribution in [0.4, 0.5) is 0 Å². The molecule has 0 radical (unpaired) electrons. The maximum atomic E-state index is 13.5. The van der Waals surface area contributed by atoms with Gasteiger partial charge in [0.25, 0.3) is 5.91 Å². The molecular weight excluding hydrogens is 444 g/mol. The van der Waals surface area contributed by atoms with Crippen LogP contribution in [0.25, 0.3) is 0 Å². The summed E-state index contributed by atoms with van der Waals surface area (Å²) in [5, 5.41) is 0.233. The molecule has 3 aromatic rings. The second-order valence-corrected chi connectivity index (χ2v) is 10.3. The molecular formula is C25H27ClN2O3S. The average molecular weight is 471 g/mol. The highest BCUT2D eigenvalue weighted by molar-refractivity contribution is 7.89. The van der Waals surface area contributed by atoms with Crippen LogP contribution < -0.4 is 0 Å². The smallest absolute Gasteiger partial charge is 0.255 e. The molecule has 0 heterocycles. The number of carbonyl (C=O) groups excluding carboxylic acids is 1. The van der Waals surface area contributed by atoms with E-state index in [0.29, 0.717) is 25.9 Å². The molecule has 0 N–H and O–H groups in total. The summed E-state index contributed by atoms with van der Waals surface area (Å²) in [6.45, 7) is 0.993. The Morgan fingerprint density at radius 2 is 1.31 bits per heavy atom. The van der Waals surface area contributed by atoms with Gasteiger partial charge in [0.15, 0.2) is 0 Å². The normalized spacial score (nSPS) is 11.5. The van der Waals surface area contributed by atoms with Gasteiger partial charge in [0, 0.05) is 27.2 Å². The van der Waals surface area contributed by atoms with Gasteiger partial charge in [-0.1, -0.05) is 72.3 Å². The number of nitrogens with zero attached hydrogens (tertiary/aromatic N) is 2. The molecule has 0 saturated heterocycles. The molecule has 7 heteroatoms. The van der Waals surface area contributed by atoms with E-state index < -0.39 is 10.0 Å². The molecule has 32 heavy (non-hydrogen) atoms. The molecule has 0 spiro atoms. The highest BCUT2D eigenvalue weighted by Gasteiger charge is 2.23. The van der Waals surface area contributed by atoms with Crippen LogP contribution in [0.15, 0.2) is 83.8 Å². The predicted octanol–water partition coefficient (Wildman–Crippen LogP) is 4.52. The van der Waals surface area contributed by atoms with E-state index in [1.807, 2.05) is 60.7 Å². The first-order valence-corrected chi connectivity index (χ1v) is 12.2. The van der Waals surface area contributed by atoms with E-state index in [9.17, 15) is 13.2 Å². The third-order valence-electron chi connectivity index (χ3n) is 5.26. The number of hydrogen-bond acceptors (Lipinski definition) is 3. The Morgan fingerprint density at radius 3 is 1.78 bits per heavy atom. The SMILES string of the molecule is CN(C)S(=O)(=O)c1ccc(Cl)c(C(=O)N(CCc2ccccc2)CCc2ccccc2)c1. The highest BCUT2D eigenvalue weighted by atomic mass is 35.5. The van der Waals surface area contributed by atoms with E-state index in [1.54, 1.807) is 4.90 Å². The van der Waals surface area contributed by atoms with Gasteiger partial charge in [-0.2, -0.15) is 0 Å². The van der Waals surface area contributed by atoms with Crippen molar-refractivity contribution >= 4 is 27.5 Å². The minimum atomic E-state index is -3.68. The Morgan fingerprint density at radius 1 is 0.812 bits per heavy atom. The van der Waals surface area contributed by atoms with Crippen molar-refractivity contribution in [3.63, 3.8) is 0 Å². The summed E-state index contributed by atoms with van der Waals surface area (Å²) < 4.78 is 26.3. The molecule has 0 atom stereocenters. The van der Waals surface area contributed by atoms with Crippen molar-refractivity contribution in [2.75, 3.05) is 27.2 Å². The lowest BCUT2D eigenvalue weighted by Crippen LogP contribution is -2.35. The van der Waals surface area contributed by atoms with Crippen molar-refractivity contribution < 1.29 is 13.2 Å². The standard InChI is InChI=1S/C25H27ClN2O3S/c1-27(2)32(30,31)22-13-14-24(26)23(19-22)25(29)28(17-15-20-9-5-3-6-10-20)18-16-21-11-7-4-8-12-21/h3-14,19H,15-18H2,1-2H3. The first-order valence-electron chi connectivity index (χ1n) is 10.4. The Labute approximate surface area is 195 Å².